The molecule has 1 saturated heterocycles. The molecule has 0 atom stereocenters. The topological polar surface area (TPSA) is 48.5 Å². The fraction of sp³-hybridized carbons (Fsp3) is 0.333. The van der Waals surface area contributed by atoms with E-state index in [-0.39, 0.29) is 5.56 Å². The molecule has 0 bridgehead atoms. The molecule has 4 heteroatoms. The molecule has 1 aliphatic rings. The summed E-state index contributed by atoms with van der Waals surface area (Å²) in [6.07, 6.45) is 5.33. The molecule has 0 amide bonds. The van der Waals surface area contributed by atoms with Gasteiger partial charge in [0, 0.05) is 18.6 Å². The molecule has 0 saturated carbocycles. The lowest BCUT2D eigenvalue weighted by atomic mass is 10.1. The average molecular weight is 255 g/mol. The molecule has 4 nitrogen and oxygen atoms in total. The zero-order valence-electron chi connectivity index (χ0n) is 10.8. The van der Waals surface area contributed by atoms with Crippen molar-refractivity contribution >= 4 is 17.1 Å². The van der Waals surface area contributed by atoms with Gasteiger partial charge in [0.05, 0.1) is 11.8 Å². The minimum atomic E-state index is -0.0838. The molecule has 0 radical (unpaired) electrons. The van der Waals surface area contributed by atoms with E-state index < -0.39 is 0 Å². The van der Waals surface area contributed by atoms with Gasteiger partial charge in [-0.25, -0.2) is 0 Å². The number of hydrogen-bond acceptors (Lipinski definition) is 3. The van der Waals surface area contributed by atoms with Crippen molar-refractivity contribution in [2.75, 3.05) is 13.1 Å². The molecule has 0 unspecified atom stereocenters. The lowest BCUT2D eigenvalue weighted by Crippen LogP contribution is -2.25. The smallest absolute Gasteiger partial charge is 0.257 e. The maximum Gasteiger partial charge on any atom is 0.257 e. The van der Waals surface area contributed by atoms with Crippen molar-refractivity contribution in [3.8, 4) is 0 Å². The summed E-state index contributed by atoms with van der Waals surface area (Å²) in [6, 6.07) is 9.67. The Hall–Kier alpha value is -2.10. The zero-order chi connectivity index (χ0) is 13.1. The summed E-state index contributed by atoms with van der Waals surface area (Å²) >= 11 is 0. The number of H-pyrrole nitrogens is 1. The van der Waals surface area contributed by atoms with Gasteiger partial charge in [-0.3, -0.25) is 9.80 Å². The predicted molar refractivity (Wildman–Crippen MR) is 77.6 cm³/mol. The van der Waals surface area contributed by atoms with Crippen LogP contribution in [0.25, 0.3) is 10.9 Å². The number of hydrazone groups is 1. The molecule has 0 spiro atoms. The fourth-order valence-corrected chi connectivity index (χ4v) is 2.40. The quantitative estimate of drug-likeness (QED) is 0.837. The SMILES string of the molecule is O=c1[nH]c2ccccc2cc1/C=N/N1CCCCC1. The van der Waals surface area contributed by atoms with E-state index in [1.807, 2.05) is 35.3 Å². The van der Waals surface area contributed by atoms with Crippen molar-refractivity contribution in [2.45, 2.75) is 19.3 Å². The van der Waals surface area contributed by atoms with E-state index >= 15 is 0 Å². The van der Waals surface area contributed by atoms with E-state index in [0.29, 0.717) is 5.56 Å². The molecular weight excluding hydrogens is 238 g/mol. The number of aromatic nitrogens is 1. The Bertz CT molecular complexity index is 654. The summed E-state index contributed by atoms with van der Waals surface area (Å²) in [6.45, 7) is 1.98. The van der Waals surface area contributed by atoms with Crippen LogP contribution in [0.15, 0.2) is 40.2 Å². The van der Waals surface area contributed by atoms with Gasteiger partial charge in [-0.05, 0) is 36.8 Å². The predicted octanol–water partition coefficient (Wildman–Crippen LogP) is 2.35. The monoisotopic (exact) mass is 255 g/mol. The van der Waals surface area contributed by atoms with Gasteiger partial charge >= 0.3 is 0 Å². The lowest BCUT2D eigenvalue weighted by Gasteiger charge is -2.23. The Labute approximate surface area is 111 Å². The summed E-state index contributed by atoms with van der Waals surface area (Å²) in [5, 5.41) is 7.48. The van der Waals surface area contributed by atoms with Gasteiger partial charge in [0.15, 0.2) is 0 Å². The van der Waals surface area contributed by atoms with Crippen molar-refractivity contribution in [1.82, 2.24) is 9.99 Å². The zero-order valence-corrected chi connectivity index (χ0v) is 10.8. The number of rotatable bonds is 2. The van der Waals surface area contributed by atoms with Crippen LogP contribution in [0.3, 0.4) is 0 Å². The van der Waals surface area contributed by atoms with E-state index in [1.165, 1.54) is 19.3 Å². The van der Waals surface area contributed by atoms with E-state index in [9.17, 15) is 4.79 Å². The molecule has 0 aliphatic carbocycles. The van der Waals surface area contributed by atoms with Crippen LogP contribution in [-0.4, -0.2) is 29.3 Å². The van der Waals surface area contributed by atoms with Gasteiger partial charge in [-0.1, -0.05) is 18.2 Å². The van der Waals surface area contributed by atoms with Gasteiger partial charge in [0.1, 0.15) is 0 Å². The number of benzene rings is 1. The lowest BCUT2D eigenvalue weighted by molar-refractivity contribution is 0.240. The second-order valence-electron chi connectivity index (χ2n) is 4.90. The summed E-state index contributed by atoms with van der Waals surface area (Å²) < 4.78 is 0. The van der Waals surface area contributed by atoms with Crippen LogP contribution in [0.4, 0.5) is 0 Å². The first-order chi connectivity index (χ1) is 9.33. The highest BCUT2D eigenvalue weighted by Gasteiger charge is 2.07. The standard InChI is InChI=1S/C15H17N3O/c19-15-13(11-16-18-8-4-1-5-9-18)10-12-6-2-3-7-14(12)17-15/h2-3,6-7,10-11H,1,4-5,8-9H2,(H,17,19)/b16-11+. The highest BCUT2D eigenvalue weighted by Crippen LogP contribution is 2.10. The maximum atomic E-state index is 11.9. The highest BCUT2D eigenvalue weighted by atomic mass is 16.1. The maximum absolute atomic E-state index is 11.9. The minimum Gasteiger partial charge on any atom is -0.321 e. The second-order valence-corrected chi connectivity index (χ2v) is 4.90. The molecule has 3 rings (SSSR count). The van der Waals surface area contributed by atoms with Crippen molar-refractivity contribution in [2.24, 2.45) is 5.10 Å². The molecule has 98 valence electrons. The van der Waals surface area contributed by atoms with Crippen LogP contribution in [0, 0.1) is 0 Å². The second kappa shape index (κ2) is 5.26. The molecule has 19 heavy (non-hydrogen) atoms. The molecule has 1 aromatic carbocycles. The fourth-order valence-electron chi connectivity index (χ4n) is 2.40. The number of para-hydroxylation sites is 1. The summed E-state index contributed by atoms with van der Waals surface area (Å²) in [4.78, 5) is 14.8. The Morgan fingerprint density at radius 2 is 1.95 bits per heavy atom. The Morgan fingerprint density at radius 3 is 2.79 bits per heavy atom. The molecular formula is C15H17N3O. The van der Waals surface area contributed by atoms with Crippen molar-refractivity contribution in [1.29, 1.82) is 0 Å². The molecule has 2 heterocycles. The molecule has 1 aromatic heterocycles. The molecule has 1 aliphatic heterocycles. The van der Waals surface area contributed by atoms with Crippen LogP contribution < -0.4 is 5.56 Å². The number of aromatic amines is 1. The van der Waals surface area contributed by atoms with Crippen LogP contribution >= 0.6 is 0 Å². The van der Waals surface area contributed by atoms with E-state index in [0.717, 1.165) is 24.0 Å². The van der Waals surface area contributed by atoms with Gasteiger partial charge in [0.2, 0.25) is 0 Å². The number of piperidine rings is 1. The Balaban J connectivity index is 1.89. The molecule has 2 aromatic rings. The van der Waals surface area contributed by atoms with Crippen molar-refractivity contribution in [3.63, 3.8) is 0 Å². The third kappa shape index (κ3) is 2.67. The number of pyridine rings is 1. The van der Waals surface area contributed by atoms with Crippen LogP contribution in [0.2, 0.25) is 0 Å². The van der Waals surface area contributed by atoms with Crippen LogP contribution in [0.5, 0.6) is 0 Å². The number of nitrogens with zero attached hydrogens (tertiary/aromatic N) is 2. The molecule has 1 N–H and O–H groups in total. The summed E-state index contributed by atoms with van der Waals surface area (Å²) in [5.74, 6) is 0. The first-order valence-corrected chi connectivity index (χ1v) is 6.74. The third-order valence-electron chi connectivity index (χ3n) is 3.47. The van der Waals surface area contributed by atoms with Gasteiger partial charge in [-0.15, -0.1) is 0 Å². The summed E-state index contributed by atoms with van der Waals surface area (Å²) in [7, 11) is 0. The largest absolute Gasteiger partial charge is 0.321 e. The van der Waals surface area contributed by atoms with Crippen molar-refractivity contribution < 1.29 is 0 Å². The highest BCUT2D eigenvalue weighted by molar-refractivity contribution is 5.87. The molecule has 1 fully saturated rings. The normalized spacial score (nSPS) is 16.3. The van der Waals surface area contributed by atoms with E-state index in [1.54, 1.807) is 6.21 Å². The summed E-state index contributed by atoms with van der Waals surface area (Å²) in [5.41, 5.74) is 1.39. The minimum absolute atomic E-state index is 0.0838. The van der Waals surface area contributed by atoms with Gasteiger partial charge < -0.3 is 4.98 Å². The van der Waals surface area contributed by atoms with Crippen molar-refractivity contribution in [3.05, 3.63) is 46.2 Å². The van der Waals surface area contributed by atoms with Crippen LogP contribution in [-0.2, 0) is 0 Å². The number of hydrogen-bond donors (Lipinski definition) is 1. The van der Waals surface area contributed by atoms with E-state index in [2.05, 4.69) is 10.1 Å². The van der Waals surface area contributed by atoms with Gasteiger partial charge in [0.25, 0.3) is 5.56 Å². The van der Waals surface area contributed by atoms with E-state index in [4.69, 9.17) is 0 Å². The first-order valence-electron chi connectivity index (χ1n) is 6.74. The third-order valence-corrected chi connectivity index (χ3v) is 3.47. The number of fused-ring (bicyclic) bond motifs is 1. The Kier molecular flexibility index (Phi) is 3.31. The first kappa shape index (κ1) is 12.0. The number of nitrogens with one attached hydrogen (secondary N) is 1. The van der Waals surface area contributed by atoms with Crippen LogP contribution in [0.1, 0.15) is 24.8 Å². The van der Waals surface area contributed by atoms with Gasteiger partial charge in [-0.2, -0.15) is 5.10 Å². The average Bonchev–Trinajstić information content (AvgIpc) is 2.46. The Morgan fingerprint density at radius 1 is 1.16 bits per heavy atom.